The third kappa shape index (κ3) is 4.60. The first-order valence-electron chi connectivity index (χ1n) is 5.86. The van der Waals surface area contributed by atoms with Gasteiger partial charge in [0.25, 0.3) is 5.91 Å². The molecular weight excluding hydrogens is 304 g/mol. The molecule has 0 radical (unpaired) electrons. The molecule has 0 saturated heterocycles. The van der Waals surface area contributed by atoms with Crippen molar-refractivity contribution in [1.82, 2.24) is 5.32 Å². The Morgan fingerprint density at radius 3 is 2.57 bits per heavy atom. The molecule has 8 nitrogen and oxygen atoms in total. The van der Waals surface area contributed by atoms with Crippen LogP contribution in [0.5, 0.6) is 5.75 Å². The second-order valence-electron chi connectivity index (χ2n) is 4.20. The highest BCUT2D eigenvalue weighted by Crippen LogP contribution is 2.30. The molecule has 1 aromatic carbocycles. The summed E-state index contributed by atoms with van der Waals surface area (Å²) < 4.78 is 5.20. The van der Waals surface area contributed by atoms with Crippen molar-refractivity contribution in [1.29, 1.82) is 0 Å². The van der Waals surface area contributed by atoms with Gasteiger partial charge in [-0.25, -0.2) is 0 Å². The minimum Gasteiger partial charge on any atom is -0.480 e. The molecule has 0 spiro atoms. The number of nitrogens with one attached hydrogen (secondary N) is 1. The van der Waals surface area contributed by atoms with E-state index in [2.05, 4.69) is 5.32 Å². The van der Waals surface area contributed by atoms with Gasteiger partial charge in [0.2, 0.25) is 0 Å². The van der Waals surface area contributed by atoms with E-state index in [1.807, 2.05) is 0 Å². The molecule has 1 rings (SSSR count). The Labute approximate surface area is 124 Å². The molecule has 2 atom stereocenters. The van der Waals surface area contributed by atoms with E-state index in [0.29, 0.717) is 0 Å². The Morgan fingerprint density at radius 1 is 1.43 bits per heavy atom. The highest BCUT2D eigenvalue weighted by Gasteiger charge is 2.23. The zero-order valence-electron chi connectivity index (χ0n) is 11.2. The minimum atomic E-state index is -1.20. The largest absolute Gasteiger partial charge is 0.480 e. The number of carboxylic acids is 1. The first-order valence-corrected chi connectivity index (χ1v) is 6.24. The van der Waals surface area contributed by atoms with E-state index < -0.39 is 28.9 Å². The van der Waals surface area contributed by atoms with Crippen molar-refractivity contribution >= 4 is 29.2 Å². The van der Waals surface area contributed by atoms with Gasteiger partial charge in [0.05, 0.1) is 4.92 Å². The SMILES string of the molecule is CC(Oc1ccc(Cl)cc1[N+](=O)[O-])C(=O)N[C@@H](C)C(=O)O. The van der Waals surface area contributed by atoms with Crippen LogP contribution in [0.25, 0.3) is 0 Å². The quantitative estimate of drug-likeness (QED) is 0.608. The average molecular weight is 317 g/mol. The van der Waals surface area contributed by atoms with Crippen LogP contribution < -0.4 is 10.1 Å². The van der Waals surface area contributed by atoms with Crippen molar-refractivity contribution in [2.24, 2.45) is 0 Å². The van der Waals surface area contributed by atoms with Crippen LogP contribution in [-0.2, 0) is 9.59 Å². The van der Waals surface area contributed by atoms with Crippen molar-refractivity contribution in [3.8, 4) is 5.75 Å². The van der Waals surface area contributed by atoms with Gasteiger partial charge >= 0.3 is 11.7 Å². The van der Waals surface area contributed by atoms with Gasteiger partial charge in [0.15, 0.2) is 11.9 Å². The van der Waals surface area contributed by atoms with Crippen molar-refractivity contribution in [3.05, 3.63) is 33.3 Å². The zero-order valence-corrected chi connectivity index (χ0v) is 12.0. The summed E-state index contributed by atoms with van der Waals surface area (Å²) in [6.07, 6.45) is -1.10. The third-order valence-corrected chi connectivity index (χ3v) is 2.75. The number of nitrogens with zero attached hydrogens (tertiary/aromatic N) is 1. The number of aliphatic carboxylic acids is 1. The number of rotatable bonds is 6. The number of ether oxygens (including phenoxy) is 1. The standard InChI is InChI=1S/C12H13ClN2O6/c1-6(12(17)18)14-11(16)7(2)21-10-4-3-8(13)5-9(10)15(19)20/h3-7H,1-2H3,(H,14,16)(H,17,18)/t6-,7?/m0/s1. The van der Waals surface area contributed by atoms with E-state index in [1.165, 1.54) is 26.0 Å². The monoisotopic (exact) mass is 316 g/mol. The maximum absolute atomic E-state index is 11.7. The fraction of sp³-hybridized carbons (Fsp3) is 0.333. The lowest BCUT2D eigenvalue weighted by Crippen LogP contribution is -2.44. The highest BCUT2D eigenvalue weighted by atomic mass is 35.5. The lowest BCUT2D eigenvalue weighted by molar-refractivity contribution is -0.386. The van der Waals surface area contributed by atoms with Gasteiger partial charge in [-0.1, -0.05) is 11.6 Å². The number of carboxylic acid groups (broad SMARTS) is 1. The molecular formula is C12H13ClN2O6. The fourth-order valence-corrected chi connectivity index (χ4v) is 1.54. The van der Waals surface area contributed by atoms with Gasteiger partial charge in [-0.15, -0.1) is 0 Å². The van der Waals surface area contributed by atoms with Crippen LogP contribution in [0.4, 0.5) is 5.69 Å². The molecule has 1 amide bonds. The van der Waals surface area contributed by atoms with Gasteiger partial charge in [-0.05, 0) is 26.0 Å². The zero-order chi connectivity index (χ0) is 16.2. The summed E-state index contributed by atoms with van der Waals surface area (Å²) in [5.74, 6) is -2.03. The number of nitro groups is 1. The maximum atomic E-state index is 11.7. The molecule has 1 aromatic rings. The summed E-state index contributed by atoms with van der Waals surface area (Å²) in [5, 5.41) is 21.9. The van der Waals surface area contributed by atoms with Crippen molar-refractivity contribution in [3.63, 3.8) is 0 Å². The van der Waals surface area contributed by atoms with Crippen LogP contribution >= 0.6 is 11.6 Å². The summed E-state index contributed by atoms with van der Waals surface area (Å²) in [7, 11) is 0. The van der Waals surface area contributed by atoms with E-state index >= 15 is 0 Å². The molecule has 21 heavy (non-hydrogen) atoms. The molecule has 1 unspecified atom stereocenters. The van der Waals surface area contributed by atoms with Gasteiger partial charge < -0.3 is 15.2 Å². The Morgan fingerprint density at radius 2 is 2.05 bits per heavy atom. The van der Waals surface area contributed by atoms with Crippen molar-refractivity contribution in [2.75, 3.05) is 0 Å². The number of hydrogen-bond donors (Lipinski definition) is 2. The summed E-state index contributed by atoms with van der Waals surface area (Å²) in [6.45, 7) is 2.64. The summed E-state index contributed by atoms with van der Waals surface area (Å²) >= 11 is 5.66. The Hall–Kier alpha value is -2.35. The number of nitro benzene ring substituents is 1. The number of halogens is 1. The molecule has 114 valence electrons. The van der Waals surface area contributed by atoms with Crippen LogP contribution in [0.2, 0.25) is 5.02 Å². The molecule has 2 N–H and O–H groups in total. The number of carbonyl (C=O) groups excluding carboxylic acids is 1. The van der Waals surface area contributed by atoms with Crippen LogP contribution in [0.1, 0.15) is 13.8 Å². The normalized spacial score (nSPS) is 13.1. The molecule has 0 aromatic heterocycles. The van der Waals surface area contributed by atoms with E-state index in [1.54, 1.807) is 0 Å². The first kappa shape index (κ1) is 16.7. The molecule has 0 aliphatic carbocycles. The minimum absolute atomic E-state index is 0.130. The van der Waals surface area contributed by atoms with Crippen LogP contribution in [0, 0.1) is 10.1 Å². The summed E-state index contributed by atoms with van der Waals surface area (Å²) in [4.78, 5) is 32.5. The Bertz CT molecular complexity index is 577. The topological polar surface area (TPSA) is 119 Å². The average Bonchev–Trinajstić information content (AvgIpc) is 2.40. The molecule has 0 heterocycles. The smallest absolute Gasteiger partial charge is 0.325 e. The Kier molecular flexibility index (Phi) is 5.48. The molecule has 9 heteroatoms. The van der Waals surface area contributed by atoms with Gasteiger partial charge in [0, 0.05) is 11.1 Å². The lowest BCUT2D eigenvalue weighted by atomic mass is 10.2. The summed E-state index contributed by atoms with van der Waals surface area (Å²) in [5.41, 5.74) is -0.381. The second kappa shape index (κ2) is 6.89. The van der Waals surface area contributed by atoms with E-state index in [9.17, 15) is 19.7 Å². The van der Waals surface area contributed by atoms with Gasteiger partial charge in [0.1, 0.15) is 6.04 Å². The van der Waals surface area contributed by atoms with Crippen molar-refractivity contribution in [2.45, 2.75) is 26.0 Å². The fourth-order valence-electron chi connectivity index (χ4n) is 1.37. The van der Waals surface area contributed by atoms with Gasteiger partial charge in [-0.3, -0.25) is 19.7 Å². The predicted molar refractivity (Wildman–Crippen MR) is 73.4 cm³/mol. The first-order chi connectivity index (χ1) is 9.72. The molecule has 0 saturated carbocycles. The maximum Gasteiger partial charge on any atom is 0.325 e. The predicted octanol–water partition coefficient (Wildman–Crippen LogP) is 1.60. The molecule has 0 aliphatic rings. The van der Waals surface area contributed by atoms with Crippen LogP contribution in [0.3, 0.4) is 0 Å². The number of hydrogen-bond acceptors (Lipinski definition) is 5. The van der Waals surface area contributed by atoms with E-state index in [-0.39, 0.29) is 16.5 Å². The lowest BCUT2D eigenvalue weighted by Gasteiger charge is -2.16. The van der Waals surface area contributed by atoms with Crippen molar-refractivity contribution < 1.29 is 24.4 Å². The number of carbonyl (C=O) groups is 2. The second-order valence-corrected chi connectivity index (χ2v) is 4.63. The molecule has 0 bridgehead atoms. The van der Waals surface area contributed by atoms with Crippen LogP contribution in [0.15, 0.2) is 18.2 Å². The number of benzene rings is 1. The highest BCUT2D eigenvalue weighted by molar-refractivity contribution is 6.30. The van der Waals surface area contributed by atoms with Gasteiger partial charge in [-0.2, -0.15) is 0 Å². The molecule has 0 fully saturated rings. The number of amides is 1. The molecule has 0 aliphatic heterocycles. The Balaban J connectivity index is 2.83. The van der Waals surface area contributed by atoms with E-state index in [4.69, 9.17) is 21.4 Å². The third-order valence-electron chi connectivity index (χ3n) is 2.52. The summed E-state index contributed by atoms with van der Waals surface area (Å²) in [6, 6.07) is 2.66. The van der Waals surface area contributed by atoms with Crippen LogP contribution in [-0.4, -0.2) is 34.1 Å². The van der Waals surface area contributed by atoms with E-state index in [0.717, 1.165) is 6.07 Å².